The monoisotopic (exact) mass is 208 g/mol. The third-order valence-corrected chi connectivity index (χ3v) is 1.54. The van der Waals surface area contributed by atoms with Crippen LogP contribution in [0.25, 0.3) is 0 Å². The van der Waals surface area contributed by atoms with Gasteiger partial charge >= 0.3 is 6.18 Å². The van der Waals surface area contributed by atoms with Crippen molar-refractivity contribution in [2.45, 2.75) is 6.18 Å². The van der Waals surface area contributed by atoms with Crippen molar-refractivity contribution in [3.05, 3.63) is 29.6 Å². The maximum Gasteiger partial charge on any atom is 0.419 e. The Morgan fingerprint density at radius 3 is 2.29 bits per heavy atom. The van der Waals surface area contributed by atoms with Gasteiger partial charge in [0, 0.05) is 7.05 Å². The molecule has 0 atom stereocenters. The molecule has 0 amide bonds. The van der Waals surface area contributed by atoms with E-state index in [0.717, 1.165) is 12.1 Å². The molecule has 0 heterocycles. The fraction of sp³-hybridized carbons (Fsp3) is 0.250. The minimum Gasteiger partial charge on any atom is -0.322 e. The Bertz CT molecular complexity index is 322. The van der Waals surface area contributed by atoms with Crippen molar-refractivity contribution in [2.24, 2.45) is 0 Å². The van der Waals surface area contributed by atoms with Crippen LogP contribution in [0.15, 0.2) is 18.2 Å². The Morgan fingerprint density at radius 1 is 1.21 bits per heavy atom. The summed E-state index contributed by atoms with van der Waals surface area (Å²) < 4.78 is 49.2. The second kappa shape index (κ2) is 3.83. The number of hydrogen-bond acceptors (Lipinski definition) is 2. The summed E-state index contributed by atoms with van der Waals surface area (Å²) in [4.78, 5) is 0. The van der Waals surface area contributed by atoms with E-state index in [2.05, 4.69) is 10.9 Å². The molecule has 0 bridgehead atoms. The molecule has 0 aromatic heterocycles. The van der Waals surface area contributed by atoms with E-state index in [-0.39, 0.29) is 5.69 Å². The van der Waals surface area contributed by atoms with Crippen LogP contribution in [0.4, 0.5) is 23.2 Å². The van der Waals surface area contributed by atoms with Gasteiger partial charge in [-0.2, -0.15) is 13.2 Å². The first-order valence-electron chi connectivity index (χ1n) is 3.74. The largest absolute Gasteiger partial charge is 0.419 e. The summed E-state index contributed by atoms with van der Waals surface area (Å²) in [6, 6.07) is 2.61. The normalized spacial score (nSPS) is 11.5. The number of rotatable bonds is 2. The number of anilines is 1. The van der Waals surface area contributed by atoms with Gasteiger partial charge in [0.2, 0.25) is 0 Å². The number of halogens is 4. The predicted molar refractivity (Wildman–Crippen MR) is 44.1 cm³/mol. The summed E-state index contributed by atoms with van der Waals surface area (Å²) in [5.74, 6) is -1.29. The highest BCUT2D eigenvalue weighted by molar-refractivity contribution is 5.44. The van der Waals surface area contributed by atoms with Crippen molar-refractivity contribution in [3.63, 3.8) is 0 Å². The quantitative estimate of drug-likeness (QED) is 0.576. The van der Waals surface area contributed by atoms with Crippen LogP contribution in [0.5, 0.6) is 0 Å². The summed E-state index contributed by atoms with van der Waals surface area (Å²) in [6.45, 7) is 0. The molecule has 0 radical (unpaired) electrons. The summed E-state index contributed by atoms with van der Waals surface area (Å²) in [7, 11) is 1.52. The van der Waals surface area contributed by atoms with Gasteiger partial charge in [-0.15, -0.1) is 0 Å². The summed E-state index contributed by atoms with van der Waals surface area (Å²) in [5.41, 5.74) is 3.91. The molecule has 1 aromatic rings. The van der Waals surface area contributed by atoms with Crippen molar-refractivity contribution >= 4 is 5.69 Å². The molecule has 2 N–H and O–H groups in total. The first kappa shape index (κ1) is 10.8. The molecule has 0 fully saturated rings. The van der Waals surface area contributed by atoms with E-state index < -0.39 is 17.6 Å². The van der Waals surface area contributed by atoms with Gasteiger partial charge in [-0.25, -0.2) is 9.82 Å². The van der Waals surface area contributed by atoms with Gasteiger partial charge in [-0.1, -0.05) is 0 Å². The smallest absolute Gasteiger partial charge is 0.322 e. The highest BCUT2D eigenvalue weighted by Gasteiger charge is 2.33. The Kier molecular flexibility index (Phi) is 2.95. The minimum atomic E-state index is -4.65. The van der Waals surface area contributed by atoms with Crippen molar-refractivity contribution in [1.29, 1.82) is 0 Å². The maximum atomic E-state index is 12.9. The molecule has 78 valence electrons. The van der Waals surface area contributed by atoms with Crippen LogP contribution >= 0.6 is 0 Å². The molecule has 0 saturated heterocycles. The Balaban J connectivity index is 3.02. The third-order valence-electron chi connectivity index (χ3n) is 1.54. The van der Waals surface area contributed by atoms with Crippen LogP contribution in [-0.4, -0.2) is 7.05 Å². The zero-order valence-corrected chi connectivity index (χ0v) is 7.24. The molecule has 0 saturated carbocycles. The van der Waals surface area contributed by atoms with Crippen LogP contribution in [0, 0.1) is 5.82 Å². The van der Waals surface area contributed by atoms with Crippen LogP contribution < -0.4 is 10.9 Å². The number of hydrogen-bond donors (Lipinski definition) is 2. The van der Waals surface area contributed by atoms with Gasteiger partial charge in [0.25, 0.3) is 0 Å². The molecule has 2 nitrogen and oxygen atoms in total. The van der Waals surface area contributed by atoms with Crippen molar-refractivity contribution in [2.75, 3.05) is 12.5 Å². The van der Waals surface area contributed by atoms with E-state index in [9.17, 15) is 17.6 Å². The number of benzene rings is 1. The number of nitrogens with one attached hydrogen (secondary N) is 2. The van der Waals surface area contributed by atoms with Crippen LogP contribution in [0.3, 0.4) is 0 Å². The van der Waals surface area contributed by atoms with Crippen LogP contribution in [-0.2, 0) is 6.18 Å². The topological polar surface area (TPSA) is 24.1 Å². The first-order valence-corrected chi connectivity index (χ1v) is 3.74. The Labute approximate surface area is 77.9 Å². The van der Waals surface area contributed by atoms with Gasteiger partial charge in [-0.3, -0.25) is 0 Å². The molecule has 1 rings (SSSR count). The maximum absolute atomic E-state index is 12.9. The molecule has 14 heavy (non-hydrogen) atoms. The fourth-order valence-electron chi connectivity index (χ4n) is 0.967. The lowest BCUT2D eigenvalue weighted by Gasteiger charge is -2.09. The zero-order valence-electron chi connectivity index (χ0n) is 7.24. The van der Waals surface area contributed by atoms with Crippen LogP contribution in [0.1, 0.15) is 5.56 Å². The van der Waals surface area contributed by atoms with Gasteiger partial charge < -0.3 is 5.43 Å². The second-order valence-corrected chi connectivity index (χ2v) is 2.57. The third kappa shape index (κ3) is 2.35. The lowest BCUT2D eigenvalue weighted by atomic mass is 10.2. The molecular weight excluding hydrogens is 200 g/mol. The molecule has 6 heteroatoms. The average molecular weight is 208 g/mol. The molecule has 0 unspecified atom stereocenters. The first-order chi connectivity index (χ1) is 6.45. The minimum absolute atomic E-state index is 0.234. The number of hydrazine groups is 1. The van der Waals surface area contributed by atoms with Crippen molar-refractivity contribution in [3.8, 4) is 0 Å². The van der Waals surface area contributed by atoms with Crippen molar-refractivity contribution in [1.82, 2.24) is 5.43 Å². The van der Waals surface area contributed by atoms with E-state index in [1.807, 2.05) is 0 Å². The predicted octanol–water partition coefficient (Wildman–Crippen LogP) is 2.39. The second-order valence-electron chi connectivity index (χ2n) is 2.57. The molecular formula is C8H8F4N2. The van der Waals surface area contributed by atoms with Gasteiger partial charge in [0.1, 0.15) is 5.82 Å². The SMILES string of the molecule is CNNc1ccc(C(F)(F)F)c(F)c1. The molecule has 0 aliphatic heterocycles. The van der Waals surface area contributed by atoms with Gasteiger partial charge in [0.05, 0.1) is 11.3 Å². The number of alkyl halides is 3. The molecule has 1 aromatic carbocycles. The summed E-state index contributed by atoms with van der Waals surface area (Å²) in [5, 5.41) is 0. The van der Waals surface area contributed by atoms with E-state index in [1.54, 1.807) is 0 Å². The van der Waals surface area contributed by atoms with E-state index in [1.165, 1.54) is 7.05 Å². The highest BCUT2D eigenvalue weighted by Crippen LogP contribution is 2.32. The molecule has 0 aliphatic carbocycles. The van der Waals surface area contributed by atoms with E-state index in [0.29, 0.717) is 6.07 Å². The lowest BCUT2D eigenvalue weighted by Crippen LogP contribution is -2.16. The van der Waals surface area contributed by atoms with E-state index >= 15 is 0 Å². The standard InChI is InChI=1S/C8H8F4N2/c1-13-14-5-2-3-6(7(9)4-5)8(10,11)12/h2-4,13-14H,1H3. The summed E-state index contributed by atoms with van der Waals surface area (Å²) >= 11 is 0. The Morgan fingerprint density at radius 2 is 1.86 bits per heavy atom. The average Bonchev–Trinajstić information content (AvgIpc) is 2.02. The zero-order chi connectivity index (χ0) is 10.8. The van der Waals surface area contributed by atoms with Gasteiger partial charge in [0.15, 0.2) is 0 Å². The highest BCUT2D eigenvalue weighted by atomic mass is 19.4. The van der Waals surface area contributed by atoms with Crippen LogP contribution in [0.2, 0.25) is 0 Å². The summed E-state index contributed by atoms with van der Waals surface area (Å²) in [6.07, 6.45) is -4.65. The van der Waals surface area contributed by atoms with Crippen molar-refractivity contribution < 1.29 is 17.6 Å². The molecule has 0 spiro atoms. The molecule has 0 aliphatic rings. The van der Waals surface area contributed by atoms with E-state index in [4.69, 9.17) is 0 Å². The Hall–Kier alpha value is -1.30. The lowest BCUT2D eigenvalue weighted by molar-refractivity contribution is -0.139. The van der Waals surface area contributed by atoms with Gasteiger partial charge in [-0.05, 0) is 18.2 Å². The fourth-order valence-corrected chi connectivity index (χ4v) is 0.967.